The number of methoxy groups -OCH3 is 1. The van der Waals surface area contributed by atoms with Gasteiger partial charge in [-0.3, -0.25) is 0 Å². The van der Waals surface area contributed by atoms with E-state index in [1.165, 1.54) is 12.1 Å². The number of ether oxygens (including phenoxy) is 2. The van der Waals surface area contributed by atoms with Gasteiger partial charge in [-0.1, -0.05) is 5.16 Å². The molecule has 1 aromatic heterocycles. The highest BCUT2D eigenvalue weighted by atomic mass is 19.1. The zero-order valence-electron chi connectivity index (χ0n) is 20.0. The van der Waals surface area contributed by atoms with E-state index in [4.69, 9.17) is 14.3 Å². The monoisotopic (exact) mass is 478 g/mol. The number of nitrogens with zero attached hydrogens (tertiary/aromatic N) is 4. The maximum Gasteiger partial charge on any atom is 0.260 e. The molecule has 35 heavy (non-hydrogen) atoms. The van der Waals surface area contributed by atoms with Gasteiger partial charge in [-0.05, 0) is 62.7 Å². The van der Waals surface area contributed by atoms with Crippen molar-refractivity contribution >= 4 is 11.6 Å². The summed E-state index contributed by atoms with van der Waals surface area (Å²) in [6, 6.07) is 10.4. The number of halogens is 1. The maximum atomic E-state index is 14.2. The van der Waals surface area contributed by atoms with Crippen molar-refractivity contribution in [3.05, 3.63) is 83.2 Å². The minimum absolute atomic E-state index is 0.279. The second-order valence-electron chi connectivity index (χ2n) is 8.86. The number of aromatic nitrogens is 2. The fourth-order valence-electron chi connectivity index (χ4n) is 4.54. The number of fused-ring (bicyclic) bond motifs is 1. The topological polar surface area (TPSA) is 81.3 Å². The van der Waals surface area contributed by atoms with Gasteiger partial charge in [-0.25, -0.2) is 9.37 Å². The van der Waals surface area contributed by atoms with Gasteiger partial charge in [0.05, 0.1) is 31.4 Å². The van der Waals surface area contributed by atoms with E-state index >= 15 is 0 Å². The van der Waals surface area contributed by atoms with Gasteiger partial charge in [-0.2, -0.15) is 0 Å². The lowest BCUT2D eigenvalue weighted by Gasteiger charge is -2.36. The lowest BCUT2D eigenvalue weighted by molar-refractivity contribution is -0.141. The molecular weight excluding hydrogens is 451 g/mol. The van der Waals surface area contributed by atoms with Crippen LogP contribution in [0, 0.1) is 19.7 Å². The van der Waals surface area contributed by atoms with Crippen LogP contribution in [0.2, 0.25) is 0 Å². The first-order valence-corrected chi connectivity index (χ1v) is 11.3. The molecule has 8 nitrogen and oxygen atoms in total. The van der Waals surface area contributed by atoms with Gasteiger partial charge in [0.25, 0.3) is 5.72 Å². The molecule has 0 spiro atoms. The Hall–Kier alpha value is -3.85. The van der Waals surface area contributed by atoms with Crippen molar-refractivity contribution in [3.63, 3.8) is 0 Å². The van der Waals surface area contributed by atoms with Gasteiger partial charge in [0.15, 0.2) is 5.84 Å². The first-order valence-electron chi connectivity index (χ1n) is 11.3. The van der Waals surface area contributed by atoms with E-state index in [1.807, 2.05) is 47.7 Å². The van der Waals surface area contributed by atoms with Crippen molar-refractivity contribution in [1.82, 2.24) is 14.5 Å². The molecule has 0 bridgehead atoms. The van der Waals surface area contributed by atoms with Crippen LogP contribution in [-0.4, -0.2) is 51.8 Å². The molecule has 0 radical (unpaired) electrons. The zero-order valence-corrected chi connectivity index (χ0v) is 20.0. The van der Waals surface area contributed by atoms with Crippen LogP contribution in [0.1, 0.15) is 29.3 Å². The second-order valence-corrected chi connectivity index (χ2v) is 8.86. The molecular formula is C26H27FN4O4. The number of oxime groups is 1. The summed E-state index contributed by atoms with van der Waals surface area (Å²) < 4.78 is 28.0. The number of aliphatic hydroxyl groups excluding tert-OH is 1. The first-order chi connectivity index (χ1) is 16.8. The van der Waals surface area contributed by atoms with Crippen molar-refractivity contribution in [2.75, 3.05) is 20.3 Å². The highest BCUT2D eigenvalue weighted by Gasteiger charge is 2.49. The minimum atomic E-state index is -1.34. The molecule has 1 N–H and O–H groups in total. The van der Waals surface area contributed by atoms with Crippen LogP contribution >= 0.6 is 0 Å². The summed E-state index contributed by atoms with van der Waals surface area (Å²) in [5, 5.41) is 14.7. The molecule has 2 atom stereocenters. The Morgan fingerprint density at radius 1 is 1.23 bits per heavy atom. The van der Waals surface area contributed by atoms with E-state index in [-0.39, 0.29) is 6.10 Å². The van der Waals surface area contributed by atoms with Gasteiger partial charge in [0.1, 0.15) is 30.0 Å². The molecule has 2 aromatic carbocycles. The Balaban J connectivity index is 1.53. The normalized spacial score (nSPS) is 21.4. The number of aliphatic hydroxyl groups is 1. The molecule has 3 heterocycles. The van der Waals surface area contributed by atoms with E-state index in [2.05, 4.69) is 10.1 Å². The smallest absolute Gasteiger partial charge is 0.260 e. The first kappa shape index (κ1) is 22.9. The lowest BCUT2D eigenvalue weighted by atomic mass is 9.98. The quantitative estimate of drug-likeness (QED) is 0.599. The second kappa shape index (κ2) is 8.74. The van der Waals surface area contributed by atoms with Crippen LogP contribution in [0.5, 0.6) is 5.75 Å². The third-order valence-electron chi connectivity index (χ3n) is 6.19. The van der Waals surface area contributed by atoms with Crippen LogP contribution in [0.4, 0.5) is 4.39 Å². The number of aryl methyl sites for hydroxylation is 2. The fraction of sp³-hybridized carbons (Fsp3) is 0.308. The van der Waals surface area contributed by atoms with Gasteiger partial charge in [-0.15, -0.1) is 0 Å². The zero-order chi connectivity index (χ0) is 24.7. The van der Waals surface area contributed by atoms with E-state index < -0.39 is 18.1 Å². The Labute approximate surface area is 202 Å². The minimum Gasteiger partial charge on any atom is -0.495 e. The number of hydrogen-bond acceptors (Lipinski definition) is 7. The molecule has 2 aliphatic rings. The molecule has 1 unspecified atom stereocenters. The van der Waals surface area contributed by atoms with E-state index in [0.717, 1.165) is 22.5 Å². The summed E-state index contributed by atoms with van der Waals surface area (Å²) in [5.74, 6) is 1.31. The lowest BCUT2D eigenvalue weighted by Crippen LogP contribution is -2.50. The molecule has 0 amide bonds. The number of amidine groups is 1. The molecule has 3 aromatic rings. The van der Waals surface area contributed by atoms with Gasteiger partial charge in [0, 0.05) is 23.4 Å². The Morgan fingerprint density at radius 2 is 2.06 bits per heavy atom. The summed E-state index contributed by atoms with van der Waals surface area (Å²) in [6.07, 6.45) is 5.15. The molecule has 9 heteroatoms. The third-order valence-corrected chi connectivity index (χ3v) is 6.19. The predicted octanol–water partition coefficient (Wildman–Crippen LogP) is 3.89. The van der Waals surface area contributed by atoms with Crippen LogP contribution in [0.25, 0.3) is 11.4 Å². The number of imidazole rings is 1. The number of hydrogen-bond donors (Lipinski definition) is 1. The fourth-order valence-corrected chi connectivity index (χ4v) is 4.54. The van der Waals surface area contributed by atoms with Crippen molar-refractivity contribution < 1.29 is 23.8 Å². The van der Waals surface area contributed by atoms with E-state index in [9.17, 15) is 9.50 Å². The SMILES string of the molecule is COc1cc(C2=CC3=NOC(CO)(c4cc(C)cc(F)c4)N3C[C@H](C)O2)ccc1-n1cnc(C)c1. The largest absolute Gasteiger partial charge is 0.495 e. The van der Waals surface area contributed by atoms with Crippen molar-refractivity contribution in [3.8, 4) is 11.4 Å². The Kier molecular flexibility index (Phi) is 5.72. The number of rotatable bonds is 5. The number of benzene rings is 2. The standard InChI is InChI=1S/C26H27FN4O4/c1-16-7-20(10-21(27)8-16)26(14-32)31-13-18(3)34-23(11-25(31)29-35-26)19-5-6-22(24(9-19)33-4)30-12-17(2)28-15-30/h5-12,15,18,32H,13-14H2,1-4H3/t18-,26?/m0/s1. The molecule has 0 saturated heterocycles. The van der Waals surface area contributed by atoms with Crippen molar-refractivity contribution in [2.24, 2.45) is 5.16 Å². The summed E-state index contributed by atoms with van der Waals surface area (Å²) in [4.78, 5) is 11.9. The molecule has 2 aliphatic heterocycles. The third kappa shape index (κ3) is 4.01. The highest BCUT2D eigenvalue weighted by molar-refractivity contribution is 5.99. The van der Waals surface area contributed by atoms with Gasteiger partial charge in [0.2, 0.25) is 0 Å². The summed E-state index contributed by atoms with van der Waals surface area (Å²) in [7, 11) is 1.62. The average Bonchev–Trinajstić information content (AvgIpc) is 3.36. The molecule has 0 fully saturated rings. The van der Waals surface area contributed by atoms with Gasteiger partial charge < -0.3 is 28.9 Å². The highest BCUT2D eigenvalue weighted by Crippen LogP contribution is 2.39. The van der Waals surface area contributed by atoms with Crippen LogP contribution in [-0.2, 0) is 15.3 Å². The van der Waals surface area contributed by atoms with Gasteiger partial charge >= 0.3 is 0 Å². The molecule has 0 saturated carbocycles. The Bertz CT molecular complexity index is 1310. The Morgan fingerprint density at radius 3 is 2.74 bits per heavy atom. The molecule has 5 rings (SSSR count). The van der Waals surface area contributed by atoms with E-state index in [0.29, 0.717) is 29.5 Å². The molecule has 182 valence electrons. The van der Waals surface area contributed by atoms with Crippen LogP contribution < -0.4 is 4.74 Å². The maximum absolute atomic E-state index is 14.2. The van der Waals surface area contributed by atoms with Crippen LogP contribution in [0.15, 0.2) is 60.2 Å². The summed E-state index contributed by atoms with van der Waals surface area (Å²) in [5.41, 5.74) is 2.42. The summed E-state index contributed by atoms with van der Waals surface area (Å²) in [6.45, 7) is 5.61. The van der Waals surface area contributed by atoms with E-state index in [1.54, 1.807) is 32.5 Å². The molecule has 0 aliphatic carbocycles. The van der Waals surface area contributed by atoms with Crippen molar-refractivity contribution in [1.29, 1.82) is 0 Å². The van der Waals surface area contributed by atoms with Crippen LogP contribution in [0.3, 0.4) is 0 Å². The predicted molar refractivity (Wildman–Crippen MR) is 129 cm³/mol. The summed E-state index contributed by atoms with van der Waals surface area (Å²) >= 11 is 0. The van der Waals surface area contributed by atoms with Crippen molar-refractivity contribution in [2.45, 2.75) is 32.6 Å². The average molecular weight is 479 g/mol.